The van der Waals surface area contributed by atoms with Crippen molar-refractivity contribution in [2.45, 2.75) is 112 Å². The first-order valence-corrected chi connectivity index (χ1v) is 13.3. The quantitative estimate of drug-likeness (QED) is 0.347. The molecule has 2 aliphatic carbocycles. The fraction of sp³-hybridized carbons (Fsp3) is 1.00. The van der Waals surface area contributed by atoms with Gasteiger partial charge >= 0.3 is 0 Å². The first-order chi connectivity index (χ1) is 13.5. The van der Waals surface area contributed by atoms with E-state index < -0.39 is 0 Å². The van der Waals surface area contributed by atoms with Gasteiger partial charge in [0.2, 0.25) is 0 Å². The van der Waals surface area contributed by atoms with Gasteiger partial charge < -0.3 is 9.92 Å². The summed E-state index contributed by atoms with van der Waals surface area (Å²) in [6.07, 6.45) is 9.36. The lowest BCUT2D eigenvalue weighted by atomic mass is 9.49. The van der Waals surface area contributed by atoms with Crippen LogP contribution in [0.2, 0.25) is 0 Å². The highest BCUT2D eigenvalue weighted by Gasteiger charge is 2.55. The van der Waals surface area contributed by atoms with Gasteiger partial charge in [-0.25, -0.2) is 0 Å². The lowest BCUT2D eigenvalue weighted by Gasteiger charge is -2.57. The number of hydrogen-bond donors (Lipinski definition) is 1. The van der Waals surface area contributed by atoms with Crippen LogP contribution in [0.1, 0.15) is 100 Å². The maximum Gasteiger partial charge on any atom is 0.0503 e. The molecule has 2 saturated carbocycles. The highest BCUT2D eigenvalue weighted by Crippen LogP contribution is 2.61. The summed E-state index contributed by atoms with van der Waals surface area (Å²) in [7, 11) is 1.80. The molecule has 0 aliphatic heterocycles. The van der Waals surface area contributed by atoms with Gasteiger partial charge in [-0.1, -0.05) is 68.2 Å². The summed E-state index contributed by atoms with van der Waals surface area (Å²) in [6.45, 7) is 19.8. The molecule has 29 heavy (non-hydrogen) atoms. The van der Waals surface area contributed by atoms with Gasteiger partial charge in [0.05, 0.1) is 7.11 Å². The zero-order chi connectivity index (χ0) is 22.0. The van der Waals surface area contributed by atoms with Crippen LogP contribution < -0.4 is 5.73 Å². The van der Waals surface area contributed by atoms with Crippen LogP contribution >= 0.6 is 12.0 Å². The molecular weight excluding hydrogens is 374 g/mol. The average Bonchev–Trinajstić information content (AvgIpc) is 2.97. The fourth-order valence-electron chi connectivity index (χ4n) is 7.81. The van der Waals surface area contributed by atoms with Crippen molar-refractivity contribution in [1.29, 1.82) is 0 Å². The maximum absolute atomic E-state index is 6.41. The summed E-state index contributed by atoms with van der Waals surface area (Å²) in [5.74, 6) is 4.70. The molecule has 2 rings (SSSR count). The second-order valence-electron chi connectivity index (χ2n) is 11.4. The minimum atomic E-state index is 0.432. The van der Waals surface area contributed by atoms with Gasteiger partial charge in [0.1, 0.15) is 0 Å². The first-order valence-electron chi connectivity index (χ1n) is 12.5. The second-order valence-corrected chi connectivity index (χ2v) is 12.7. The number of rotatable bonds is 11. The molecule has 0 radical (unpaired) electrons. The summed E-state index contributed by atoms with van der Waals surface area (Å²) >= 11 is 1.64. The van der Waals surface area contributed by atoms with Crippen LogP contribution in [0.3, 0.4) is 0 Å². The fourth-order valence-corrected chi connectivity index (χ4v) is 8.42. The van der Waals surface area contributed by atoms with Crippen molar-refractivity contribution in [2.24, 2.45) is 52.1 Å². The largest absolute Gasteiger partial charge is 0.327 e. The Balaban J connectivity index is 2.13. The molecule has 3 heteroatoms. The molecule has 172 valence electrons. The van der Waals surface area contributed by atoms with Gasteiger partial charge in [-0.15, -0.1) is 0 Å². The van der Waals surface area contributed by atoms with Crippen molar-refractivity contribution in [1.82, 2.24) is 0 Å². The molecular formula is C26H51NOS. The van der Waals surface area contributed by atoms with E-state index in [-0.39, 0.29) is 0 Å². The molecule has 10 atom stereocenters. The van der Waals surface area contributed by atoms with E-state index in [0.717, 1.165) is 23.7 Å². The summed E-state index contributed by atoms with van der Waals surface area (Å²) in [5.41, 5.74) is 7.34. The molecule has 2 nitrogen and oxygen atoms in total. The summed E-state index contributed by atoms with van der Waals surface area (Å²) in [5, 5.41) is 0.566. The molecule has 0 aromatic carbocycles. The van der Waals surface area contributed by atoms with Crippen LogP contribution in [0.25, 0.3) is 0 Å². The molecule has 0 amide bonds. The minimum absolute atomic E-state index is 0.432. The molecule has 0 saturated heterocycles. The normalized spacial score (nSPS) is 41.6. The van der Waals surface area contributed by atoms with Gasteiger partial charge in [-0.2, -0.15) is 0 Å². The third kappa shape index (κ3) is 5.03. The highest BCUT2D eigenvalue weighted by atomic mass is 32.2. The van der Waals surface area contributed by atoms with Gasteiger partial charge in [-0.05, 0) is 90.5 Å². The molecule has 0 aromatic heterocycles. The van der Waals surface area contributed by atoms with E-state index in [0.29, 0.717) is 34.0 Å². The molecule has 0 aromatic rings. The Labute approximate surface area is 187 Å². The molecule has 0 spiro atoms. The van der Waals surface area contributed by atoms with Crippen molar-refractivity contribution in [2.75, 3.05) is 7.11 Å². The van der Waals surface area contributed by atoms with Crippen LogP contribution in [-0.2, 0) is 4.18 Å². The molecule has 2 N–H and O–H groups in total. The monoisotopic (exact) mass is 425 g/mol. The van der Waals surface area contributed by atoms with Crippen molar-refractivity contribution in [3.05, 3.63) is 0 Å². The Morgan fingerprint density at radius 3 is 2.24 bits per heavy atom. The molecule has 2 aliphatic rings. The van der Waals surface area contributed by atoms with Gasteiger partial charge in [-0.3, -0.25) is 0 Å². The summed E-state index contributed by atoms with van der Waals surface area (Å²) in [4.78, 5) is 0. The number of nitrogens with two attached hydrogens (primary N) is 1. The Hall–Kier alpha value is 0.270. The Morgan fingerprint density at radius 1 is 1.07 bits per heavy atom. The van der Waals surface area contributed by atoms with Crippen LogP contribution in [0.15, 0.2) is 0 Å². The van der Waals surface area contributed by atoms with E-state index in [4.69, 9.17) is 9.92 Å². The smallest absolute Gasteiger partial charge is 0.0503 e. The van der Waals surface area contributed by atoms with E-state index >= 15 is 0 Å². The van der Waals surface area contributed by atoms with E-state index in [1.807, 2.05) is 0 Å². The Kier molecular flexibility index (Phi) is 9.03. The Morgan fingerprint density at radius 2 is 1.72 bits per heavy atom. The van der Waals surface area contributed by atoms with E-state index in [1.54, 1.807) is 19.2 Å². The lowest BCUT2D eigenvalue weighted by molar-refractivity contribution is -0.0615. The molecule has 0 bridgehead atoms. The van der Waals surface area contributed by atoms with E-state index in [1.165, 1.54) is 44.9 Å². The predicted octanol–water partition coefficient (Wildman–Crippen LogP) is 7.56. The van der Waals surface area contributed by atoms with Crippen molar-refractivity contribution < 1.29 is 4.18 Å². The second kappa shape index (κ2) is 10.3. The van der Waals surface area contributed by atoms with Crippen LogP contribution in [0.5, 0.6) is 0 Å². The standard InChI is InChI=1S/C26H51NOS/c1-10-21-12-13-23(18(4)14-17(3)20(6)29-28-9)26(21,8)15-19(5)25(7)16-24(27)22(25)11-2/h17-24H,10-16,27H2,1-9H3. The van der Waals surface area contributed by atoms with Gasteiger partial charge in [0.25, 0.3) is 0 Å². The minimum Gasteiger partial charge on any atom is -0.327 e. The zero-order valence-electron chi connectivity index (χ0n) is 21.0. The van der Waals surface area contributed by atoms with Crippen molar-refractivity contribution >= 4 is 12.0 Å². The van der Waals surface area contributed by atoms with Gasteiger partial charge in [0.15, 0.2) is 0 Å². The number of hydrogen-bond acceptors (Lipinski definition) is 3. The van der Waals surface area contributed by atoms with Crippen molar-refractivity contribution in [3.8, 4) is 0 Å². The molecule has 10 unspecified atom stereocenters. The first kappa shape index (κ1) is 25.5. The average molecular weight is 426 g/mol. The van der Waals surface area contributed by atoms with Crippen LogP contribution in [0.4, 0.5) is 0 Å². The predicted molar refractivity (Wildman–Crippen MR) is 130 cm³/mol. The molecule has 2 fully saturated rings. The van der Waals surface area contributed by atoms with Crippen molar-refractivity contribution in [3.63, 3.8) is 0 Å². The SMILES string of the molecule is CCC1CCC(C(C)CC(C)C(C)SOC)C1(C)CC(C)C1(C)CC(N)C1CC. The van der Waals surface area contributed by atoms with E-state index in [2.05, 4.69) is 55.4 Å². The third-order valence-electron chi connectivity index (χ3n) is 9.93. The highest BCUT2D eigenvalue weighted by molar-refractivity contribution is 7.95. The zero-order valence-corrected chi connectivity index (χ0v) is 21.8. The summed E-state index contributed by atoms with van der Waals surface area (Å²) < 4.78 is 5.35. The molecule has 0 heterocycles. The Bertz CT molecular complexity index is 513. The topological polar surface area (TPSA) is 35.2 Å². The van der Waals surface area contributed by atoms with Crippen LogP contribution in [0, 0.1) is 46.3 Å². The summed E-state index contributed by atoms with van der Waals surface area (Å²) in [6, 6.07) is 0.432. The lowest BCUT2D eigenvalue weighted by Crippen LogP contribution is -2.57. The van der Waals surface area contributed by atoms with E-state index in [9.17, 15) is 0 Å². The maximum atomic E-state index is 6.41. The third-order valence-corrected chi connectivity index (χ3v) is 10.9. The van der Waals surface area contributed by atoms with Gasteiger partial charge in [0, 0.05) is 11.3 Å². The van der Waals surface area contributed by atoms with Crippen LogP contribution in [-0.4, -0.2) is 18.4 Å².